The van der Waals surface area contributed by atoms with Crippen LogP contribution in [0.25, 0.3) is 0 Å². The van der Waals surface area contributed by atoms with E-state index in [-0.39, 0.29) is 29.7 Å². The van der Waals surface area contributed by atoms with Crippen molar-refractivity contribution in [2.75, 3.05) is 6.61 Å². The molecule has 2 aromatic heterocycles. The number of aromatic nitrogens is 2. The number of ether oxygens (including phenoxy) is 3. The zero-order chi connectivity index (χ0) is 34.7. The number of esters is 1. The van der Waals surface area contributed by atoms with Gasteiger partial charge in [0.05, 0.1) is 22.1 Å². The molecule has 2 aliphatic heterocycles. The second-order valence-electron chi connectivity index (χ2n) is 11.9. The molecule has 2 atom stereocenters. The standard InChI is InChI=1S/C36H32N4O8S/c1-20-21(2)31-29(22(3)30(20)46-33(42)24-7-5-13-37-17-24)27(40-48-34(43)25-8-6-14-38-18-25)16-36(4,47-31)19-45-26-11-9-23(10-12-26)15-28-32(41)39-35(44)49-28/h5-14,17-18,28H,15-16,19H2,1-4H3,(H,39,41,44)/b40-27+. The number of nitrogens with one attached hydrogen (secondary N) is 1. The third-order valence-corrected chi connectivity index (χ3v) is 9.23. The molecule has 0 radical (unpaired) electrons. The summed E-state index contributed by atoms with van der Waals surface area (Å²) in [4.78, 5) is 62.9. The lowest BCUT2D eigenvalue weighted by Gasteiger charge is -2.38. The van der Waals surface area contributed by atoms with Gasteiger partial charge in [-0.2, -0.15) is 0 Å². The number of fused-ring (bicyclic) bond motifs is 1. The third-order valence-electron chi connectivity index (χ3n) is 8.25. The maximum absolute atomic E-state index is 13.1. The molecule has 2 unspecified atom stereocenters. The van der Waals surface area contributed by atoms with Crippen molar-refractivity contribution in [3.63, 3.8) is 0 Å². The second kappa shape index (κ2) is 13.9. The molecule has 0 saturated carbocycles. The fourth-order valence-electron chi connectivity index (χ4n) is 5.57. The molecule has 0 spiro atoms. The van der Waals surface area contributed by atoms with Crippen LogP contribution < -0.4 is 19.5 Å². The molecule has 1 saturated heterocycles. The van der Waals surface area contributed by atoms with Crippen LogP contribution in [-0.2, 0) is 16.1 Å². The van der Waals surface area contributed by atoms with Gasteiger partial charge in [-0.3, -0.25) is 24.9 Å². The zero-order valence-electron chi connectivity index (χ0n) is 27.1. The van der Waals surface area contributed by atoms with Crippen LogP contribution in [0.15, 0.2) is 78.5 Å². The van der Waals surface area contributed by atoms with Gasteiger partial charge in [0.1, 0.15) is 29.5 Å². The smallest absolute Gasteiger partial charge is 0.367 e. The maximum atomic E-state index is 13.1. The quantitative estimate of drug-likeness (QED) is 0.100. The number of carbonyl (C=O) groups is 4. The fraction of sp³-hybridized carbons (Fsp3) is 0.250. The van der Waals surface area contributed by atoms with E-state index in [0.29, 0.717) is 57.2 Å². The van der Waals surface area contributed by atoms with Gasteiger partial charge in [-0.05, 0) is 87.2 Å². The van der Waals surface area contributed by atoms with Crippen molar-refractivity contribution < 1.29 is 38.2 Å². The van der Waals surface area contributed by atoms with Crippen LogP contribution in [-0.4, -0.2) is 56.2 Å². The Kier molecular flexibility index (Phi) is 9.45. The lowest BCUT2D eigenvalue weighted by Crippen LogP contribution is -2.45. The van der Waals surface area contributed by atoms with Crippen molar-refractivity contribution in [2.45, 2.75) is 51.4 Å². The monoisotopic (exact) mass is 680 g/mol. The molecule has 49 heavy (non-hydrogen) atoms. The summed E-state index contributed by atoms with van der Waals surface area (Å²) in [5.41, 5.74) is 3.39. The van der Waals surface area contributed by atoms with Crippen molar-refractivity contribution in [2.24, 2.45) is 5.16 Å². The highest BCUT2D eigenvalue weighted by Crippen LogP contribution is 2.44. The number of amides is 2. The highest BCUT2D eigenvalue weighted by molar-refractivity contribution is 8.15. The highest BCUT2D eigenvalue weighted by atomic mass is 32.2. The minimum atomic E-state index is -0.957. The van der Waals surface area contributed by atoms with Crippen molar-refractivity contribution in [1.82, 2.24) is 15.3 Å². The van der Waals surface area contributed by atoms with E-state index in [0.717, 1.165) is 17.3 Å². The van der Waals surface area contributed by atoms with Gasteiger partial charge in [0, 0.05) is 42.3 Å². The van der Waals surface area contributed by atoms with Gasteiger partial charge < -0.3 is 19.0 Å². The Morgan fingerprint density at radius 3 is 2.24 bits per heavy atom. The number of hydrogen-bond donors (Lipinski definition) is 1. The first-order chi connectivity index (χ1) is 23.5. The van der Waals surface area contributed by atoms with Crippen LogP contribution in [0, 0.1) is 20.8 Å². The number of rotatable bonds is 9. The SMILES string of the molecule is Cc1c(C)c2c(c(C)c1OC(=O)c1cccnc1)/C(=N/OC(=O)c1cccnc1)CC(C)(COc1ccc(CC3SC(=O)NC3=O)cc1)O2. The molecule has 0 bridgehead atoms. The van der Waals surface area contributed by atoms with Crippen LogP contribution >= 0.6 is 11.8 Å². The van der Waals surface area contributed by atoms with Crippen LogP contribution in [0.3, 0.4) is 0 Å². The molecule has 1 N–H and O–H groups in total. The molecule has 0 aliphatic carbocycles. The van der Waals surface area contributed by atoms with Crippen LogP contribution in [0.1, 0.15) is 61.9 Å². The summed E-state index contributed by atoms with van der Waals surface area (Å²) in [6.45, 7) is 7.46. The third kappa shape index (κ3) is 7.31. The van der Waals surface area contributed by atoms with E-state index in [2.05, 4.69) is 20.4 Å². The largest absolute Gasteiger partial charge is 0.489 e. The van der Waals surface area contributed by atoms with Crippen LogP contribution in [0.5, 0.6) is 17.2 Å². The Labute approximate surface area is 286 Å². The lowest BCUT2D eigenvalue weighted by molar-refractivity contribution is -0.118. The van der Waals surface area contributed by atoms with E-state index >= 15 is 0 Å². The number of oxime groups is 1. The molecule has 2 aromatic carbocycles. The summed E-state index contributed by atoms with van der Waals surface area (Å²) in [6.07, 6.45) is 6.53. The first-order valence-electron chi connectivity index (χ1n) is 15.4. The summed E-state index contributed by atoms with van der Waals surface area (Å²) < 4.78 is 18.7. The number of nitrogens with zero attached hydrogens (tertiary/aromatic N) is 3. The van der Waals surface area contributed by atoms with Crippen LogP contribution in [0.4, 0.5) is 4.79 Å². The number of imide groups is 1. The van der Waals surface area contributed by atoms with Gasteiger partial charge in [0.15, 0.2) is 0 Å². The number of hydrogen-bond acceptors (Lipinski definition) is 12. The zero-order valence-corrected chi connectivity index (χ0v) is 28.0. The first kappa shape index (κ1) is 33.3. The highest BCUT2D eigenvalue weighted by Gasteiger charge is 2.40. The summed E-state index contributed by atoms with van der Waals surface area (Å²) in [7, 11) is 0. The van der Waals surface area contributed by atoms with E-state index in [1.807, 2.05) is 32.9 Å². The Bertz CT molecular complexity index is 1970. The van der Waals surface area contributed by atoms with Crippen molar-refractivity contribution in [3.05, 3.63) is 112 Å². The molecule has 4 heterocycles. The van der Waals surface area contributed by atoms with Gasteiger partial charge >= 0.3 is 11.9 Å². The summed E-state index contributed by atoms with van der Waals surface area (Å²) in [5.74, 6) is -0.128. The summed E-state index contributed by atoms with van der Waals surface area (Å²) >= 11 is 0.986. The predicted molar refractivity (Wildman–Crippen MR) is 180 cm³/mol. The number of benzene rings is 2. The molecule has 2 aliphatic rings. The number of pyridine rings is 2. The summed E-state index contributed by atoms with van der Waals surface area (Å²) in [6, 6.07) is 13.8. The molecule has 1 fully saturated rings. The molecular formula is C36H32N4O8S. The molecule has 13 heteroatoms. The molecule has 4 aromatic rings. The van der Waals surface area contributed by atoms with Gasteiger partial charge in [-0.25, -0.2) is 9.59 Å². The van der Waals surface area contributed by atoms with E-state index in [1.165, 1.54) is 12.4 Å². The molecule has 250 valence electrons. The van der Waals surface area contributed by atoms with Crippen molar-refractivity contribution >= 4 is 40.6 Å². The minimum Gasteiger partial charge on any atom is -0.489 e. The molecular weight excluding hydrogens is 648 g/mol. The number of carbonyl (C=O) groups excluding carboxylic acids is 4. The Morgan fingerprint density at radius 1 is 0.959 bits per heavy atom. The van der Waals surface area contributed by atoms with E-state index in [9.17, 15) is 19.2 Å². The normalized spacial score (nSPS) is 19.1. The van der Waals surface area contributed by atoms with E-state index in [1.54, 1.807) is 55.7 Å². The van der Waals surface area contributed by atoms with Crippen molar-refractivity contribution in [3.8, 4) is 17.2 Å². The second-order valence-corrected chi connectivity index (χ2v) is 13.1. The predicted octanol–water partition coefficient (Wildman–Crippen LogP) is 5.70. The van der Waals surface area contributed by atoms with Crippen molar-refractivity contribution in [1.29, 1.82) is 0 Å². The molecule has 12 nitrogen and oxygen atoms in total. The van der Waals surface area contributed by atoms with Gasteiger partial charge in [-0.1, -0.05) is 29.1 Å². The van der Waals surface area contributed by atoms with Gasteiger partial charge in [0.25, 0.3) is 5.24 Å². The molecule has 2 amide bonds. The van der Waals surface area contributed by atoms with E-state index in [4.69, 9.17) is 19.0 Å². The lowest BCUT2D eigenvalue weighted by atomic mass is 9.86. The Morgan fingerprint density at radius 2 is 1.63 bits per heavy atom. The fourth-order valence-corrected chi connectivity index (χ4v) is 6.43. The molecule has 6 rings (SSSR count). The summed E-state index contributed by atoms with van der Waals surface area (Å²) in [5, 5.41) is 5.83. The maximum Gasteiger partial charge on any atom is 0.367 e. The minimum absolute atomic E-state index is 0.103. The first-order valence-corrected chi connectivity index (χ1v) is 16.3. The Balaban J connectivity index is 1.28. The van der Waals surface area contributed by atoms with Gasteiger partial charge in [0.2, 0.25) is 5.91 Å². The average molecular weight is 681 g/mol. The van der Waals surface area contributed by atoms with Gasteiger partial charge in [-0.15, -0.1) is 0 Å². The average Bonchev–Trinajstić information content (AvgIpc) is 3.43. The van der Waals surface area contributed by atoms with Crippen LogP contribution in [0.2, 0.25) is 0 Å². The topological polar surface area (TPSA) is 155 Å². The number of thioether (sulfide) groups is 1. The van der Waals surface area contributed by atoms with E-state index < -0.39 is 22.8 Å². The Hall–Kier alpha value is -5.56.